The zero-order chi connectivity index (χ0) is 23.2. The predicted molar refractivity (Wildman–Crippen MR) is 126 cm³/mol. The lowest BCUT2D eigenvalue weighted by Crippen LogP contribution is -2.48. The van der Waals surface area contributed by atoms with Gasteiger partial charge < -0.3 is 10.3 Å². The molecule has 1 aromatic heterocycles. The fraction of sp³-hybridized carbons (Fsp3) is 0.500. The van der Waals surface area contributed by atoms with Crippen molar-refractivity contribution in [2.24, 2.45) is 29.6 Å². The molecule has 3 amide bonds. The largest absolute Gasteiger partial charge is 0.325 e. The number of fused-ring (bicyclic) bond motifs is 9. The highest BCUT2D eigenvalue weighted by atomic mass is 32.2. The van der Waals surface area contributed by atoms with Gasteiger partial charge in [-0.1, -0.05) is 37.3 Å². The van der Waals surface area contributed by atoms with Crippen LogP contribution in [0.1, 0.15) is 30.7 Å². The smallest absolute Gasteiger partial charge is 0.305 e. The molecule has 2 aliphatic heterocycles. The number of thiazole rings is 1. The molecule has 2 aliphatic carbocycles. The van der Waals surface area contributed by atoms with E-state index < -0.39 is 0 Å². The number of carbonyl (C=O) groups excluding carboxylic acids is 3. The molecule has 7 nitrogen and oxygen atoms in total. The Morgan fingerprint density at radius 1 is 1.18 bits per heavy atom. The molecule has 3 heterocycles. The lowest BCUT2D eigenvalue weighted by Gasteiger charge is -2.47. The number of aromatic amines is 1. The highest BCUT2D eigenvalue weighted by Crippen LogP contribution is 2.68. The van der Waals surface area contributed by atoms with E-state index in [1.165, 1.54) is 16.2 Å². The standard InChI is InChI=1S/C24H25N3O4S2/c1-10-5-4-6-11(7-10)25-14(28)9-27-21(29)15-12-8-13(16(15)22(27)30)18-17(12)24(2,3)19-20(32-18)26-23(31)33-19/h4-7,12-13,15-18H,8-9H2,1-3H3,(H,25,28)(H,26,31)/t12-,13+,15-,16-,17+,18+/m0/s1. The quantitative estimate of drug-likeness (QED) is 0.654. The number of carbonyl (C=O) groups is 3. The van der Waals surface area contributed by atoms with E-state index in [9.17, 15) is 19.2 Å². The van der Waals surface area contributed by atoms with Crippen molar-refractivity contribution in [1.82, 2.24) is 9.88 Å². The minimum Gasteiger partial charge on any atom is -0.325 e. The van der Waals surface area contributed by atoms with Crippen LogP contribution in [0.5, 0.6) is 0 Å². The Morgan fingerprint density at radius 3 is 2.64 bits per heavy atom. The lowest BCUT2D eigenvalue weighted by molar-refractivity contribution is -0.143. The van der Waals surface area contributed by atoms with Gasteiger partial charge in [0.25, 0.3) is 0 Å². The number of thioether (sulfide) groups is 1. The number of anilines is 1. The molecule has 33 heavy (non-hydrogen) atoms. The first-order chi connectivity index (χ1) is 15.7. The van der Waals surface area contributed by atoms with Crippen molar-refractivity contribution >= 4 is 46.5 Å². The van der Waals surface area contributed by atoms with E-state index in [0.717, 1.165) is 21.9 Å². The van der Waals surface area contributed by atoms with E-state index >= 15 is 0 Å². The second-order valence-corrected chi connectivity index (χ2v) is 12.5. The molecule has 2 saturated carbocycles. The fourth-order valence-corrected chi connectivity index (χ4v) is 10.1. The van der Waals surface area contributed by atoms with Crippen molar-refractivity contribution < 1.29 is 14.4 Å². The number of aromatic nitrogens is 1. The zero-order valence-corrected chi connectivity index (χ0v) is 20.2. The van der Waals surface area contributed by atoms with Gasteiger partial charge in [0.2, 0.25) is 17.7 Å². The third-order valence-electron chi connectivity index (χ3n) is 8.09. The monoisotopic (exact) mass is 483 g/mol. The molecule has 4 aliphatic rings. The maximum Gasteiger partial charge on any atom is 0.305 e. The van der Waals surface area contributed by atoms with Gasteiger partial charge in [0, 0.05) is 21.2 Å². The van der Waals surface area contributed by atoms with Crippen LogP contribution in [0.15, 0.2) is 34.1 Å². The van der Waals surface area contributed by atoms with Crippen molar-refractivity contribution in [2.45, 2.75) is 42.9 Å². The third kappa shape index (κ3) is 2.94. The third-order valence-corrected chi connectivity index (χ3v) is 10.9. The summed E-state index contributed by atoms with van der Waals surface area (Å²) < 4.78 is 0. The molecule has 6 rings (SSSR count). The topological polar surface area (TPSA) is 99.3 Å². The van der Waals surface area contributed by atoms with E-state index in [1.807, 2.05) is 25.1 Å². The number of nitrogens with zero attached hydrogens (tertiary/aromatic N) is 1. The SMILES string of the molecule is Cc1cccc(NC(=O)CN2C(=O)[C@H]3[C@H]4C[C@@H]([C@@H]3C2=O)[C@@H]2[C@@H]4Sc3[nH]c(=O)sc3C2(C)C)c1. The van der Waals surface area contributed by atoms with Crippen LogP contribution in [0, 0.1) is 36.5 Å². The van der Waals surface area contributed by atoms with Gasteiger partial charge in [0.05, 0.1) is 16.9 Å². The first kappa shape index (κ1) is 21.2. The summed E-state index contributed by atoms with van der Waals surface area (Å²) in [5.74, 6) is -1.07. The van der Waals surface area contributed by atoms with Crippen LogP contribution >= 0.6 is 23.1 Å². The summed E-state index contributed by atoms with van der Waals surface area (Å²) in [4.78, 5) is 56.7. The van der Waals surface area contributed by atoms with Gasteiger partial charge >= 0.3 is 4.87 Å². The van der Waals surface area contributed by atoms with Gasteiger partial charge in [-0.05, 0) is 48.8 Å². The molecule has 2 N–H and O–H groups in total. The van der Waals surface area contributed by atoms with E-state index in [4.69, 9.17) is 0 Å². The van der Waals surface area contributed by atoms with Crippen molar-refractivity contribution in [3.8, 4) is 0 Å². The molecule has 1 saturated heterocycles. The van der Waals surface area contributed by atoms with E-state index in [0.29, 0.717) is 5.69 Å². The average Bonchev–Trinajstić information content (AvgIpc) is 3.46. The number of H-pyrrole nitrogens is 1. The van der Waals surface area contributed by atoms with Crippen molar-refractivity contribution in [3.05, 3.63) is 44.4 Å². The van der Waals surface area contributed by atoms with Crippen LogP contribution in [0.3, 0.4) is 0 Å². The summed E-state index contributed by atoms with van der Waals surface area (Å²) in [6, 6.07) is 7.44. The molecule has 6 atom stereocenters. The number of hydrogen-bond acceptors (Lipinski definition) is 6. The van der Waals surface area contributed by atoms with Crippen molar-refractivity contribution in [1.29, 1.82) is 0 Å². The normalized spacial score (nSPS) is 33.1. The Labute approximate surface area is 199 Å². The first-order valence-corrected chi connectivity index (χ1v) is 13.0. The zero-order valence-electron chi connectivity index (χ0n) is 18.6. The van der Waals surface area contributed by atoms with Gasteiger partial charge in [-0.3, -0.25) is 24.1 Å². The Morgan fingerprint density at radius 2 is 1.91 bits per heavy atom. The predicted octanol–water partition coefficient (Wildman–Crippen LogP) is 3.00. The Kier molecular flexibility index (Phi) is 4.52. The number of likely N-dealkylation sites (tertiary alicyclic amines) is 1. The second kappa shape index (κ2) is 7.06. The van der Waals surface area contributed by atoms with Crippen LogP contribution in [0.2, 0.25) is 0 Å². The summed E-state index contributed by atoms with van der Waals surface area (Å²) in [7, 11) is 0. The number of imide groups is 1. The number of nitrogens with one attached hydrogen (secondary N) is 2. The number of benzene rings is 1. The van der Waals surface area contributed by atoms with Gasteiger partial charge in [0.15, 0.2) is 0 Å². The number of rotatable bonds is 3. The number of aryl methyl sites for hydroxylation is 1. The molecule has 2 aromatic rings. The van der Waals surface area contributed by atoms with Gasteiger partial charge in [-0.25, -0.2) is 0 Å². The number of amides is 3. The van der Waals surface area contributed by atoms with Crippen LogP contribution in [-0.4, -0.2) is 39.4 Å². The van der Waals surface area contributed by atoms with Crippen LogP contribution in [0.25, 0.3) is 0 Å². The minimum atomic E-state index is -0.360. The van der Waals surface area contributed by atoms with Crippen LogP contribution in [-0.2, 0) is 19.8 Å². The van der Waals surface area contributed by atoms with Crippen molar-refractivity contribution in [3.63, 3.8) is 0 Å². The van der Waals surface area contributed by atoms with Crippen LogP contribution < -0.4 is 10.2 Å². The van der Waals surface area contributed by atoms with Gasteiger partial charge in [0.1, 0.15) is 6.54 Å². The highest BCUT2D eigenvalue weighted by molar-refractivity contribution is 8.00. The Bertz CT molecular complexity index is 1260. The van der Waals surface area contributed by atoms with Crippen LogP contribution in [0.4, 0.5) is 5.69 Å². The van der Waals surface area contributed by atoms with E-state index in [2.05, 4.69) is 24.1 Å². The molecule has 9 heteroatoms. The Hall–Kier alpha value is -2.39. The summed E-state index contributed by atoms with van der Waals surface area (Å²) in [6.07, 6.45) is 0.862. The average molecular weight is 484 g/mol. The van der Waals surface area contributed by atoms with Gasteiger partial charge in [-0.2, -0.15) is 0 Å². The minimum absolute atomic E-state index is 0.0500. The van der Waals surface area contributed by atoms with Gasteiger partial charge in [-0.15, -0.1) is 11.8 Å². The Balaban J connectivity index is 1.26. The highest BCUT2D eigenvalue weighted by Gasteiger charge is 2.70. The summed E-state index contributed by atoms with van der Waals surface area (Å²) >= 11 is 2.94. The van der Waals surface area contributed by atoms with Crippen molar-refractivity contribution in [2.75, 3.05) is 11.9 Å². The van der Waals surface area contributed by atoms with E-state index in [-0.39, 0.29) is 69.4 Å². The molecule has 0 radical (unpaired) electrons. The molecular formula is C24H25N3O4S2. The number of hydrogen-bond donors (Lipinski definition) is 2. The molecule has 1 aromatic carbocycles. The van der Waals surface area contributed by atoms with E-state index in [1.54, 1.807) is 17.8 Å². The fourth-order valence-electron chi connectivity index (χ4n) is 6.94. The maximum absolute atomic E-state index is 13.4. The lowest BCUT2D eigenvalue weighted by atomic mass is 9.64. The second-order valence-electron chi connectivity index (χ2n) is 10.3. The maximum atomic E-state index is 13.4. The molecule has 0 unspecified atom stereocenters. The summed E-state index contributed by atoms with van der Waals surface area (Å²) in [5.41, 5.74) is 1.44. The molecule has 172 valence electrons. The molecule has 0 spiro atoms. The summed E-state index contributed by atoms with van der Waals surface area (Å²) in [5, 5.41) is 3.93. The molecular weight excluding hydrogens is 458 g/mol. The molecule has 3 fully saturated rings. The molecule has 2 bridgehead atoms. The summed E-state index contributed by atoms with van der Waals surface area (Å²) in [6.45, 7) is 6.02. The first-order valence-electron chi connectivity index (χ1n) is 11.3.